The Balaban J connectivity index is 3.53. The highest BCUT2D eigenvalue weighted by Gasteiger charge is 2.08. The Labute approximate surface area is 58.3 Å². The minimum atomic E-state index is -0.895. The number of carbonyl (C=O) groups excluding carboxylic acids is 2. The van der Waals surface area contributed by atoms with E-state index in [4.69, 9.17) is 5.73 Å². The van der Waals surface area contributed by atoms with Crippen molar-refractivity contribution in [3.63, 3.8) is 0 Å². The summed E-state index contributed by atoms with van der Waals surface area (Å²) in [7, 11) is 0. The predicted octanol–water partition coefficient (Wildman–Crippen LogP) is -0.654. The first-order valence-electron chi connectivity index (χ1n) is 2.76. The van der Waals surface area contributed by atoms with Gasteiger partial charge < -0.3 is 16.2 Å². The predicted molar refractivity (Wildman–Crippen MR) is 33.9 cm³/mol. The number of hydrogen-bond donors (Lipinski definition) is 2. The zero-order chi connectivity index (χ0) is 8.15. The van der Waals surface area contributed by atoms with Gasteiger partial charge >= 0.3 is 6.09 Å². The van der Waals surface area contributed by atoms with Gasteiger partial charge in [-0.05, 0) is 6.92 Å². The lowest BCUT2D eigenvalue weighted by Crippen LogP contribution is -2.25. The van der Waals surface area contributed by atoms with Gasteiger partial charge in [0.25, 0.3) is 0 Å². The molecule has 0 aliphatic carbocycles. The van der Waals surface area contributed by atoms with Crippen LogP contribution in [0.5, 0.6) is 0 Å². The van der Waals surface area contributed by atoms with Crippen LogP contribution in [-0.4, -0.2) is 18.1 Å². The number of rotatable bonds is 3. The molecule has 5 heteroatoms. The molecule has 0 saturated carbocycles. The summed E-state index contributed by atoms with van der Waals surface area (Å²) >= 11 is 0. The first kappa shape index (κ1) is 8.74. The van der Waals surface area contributed by atoms with Gasteiger partial charge in [-0.15, -0.1) is 0 Å². The number of carbonyl (C=O) groups is 2. The Bertz CT molecular complexity index is 130. The second-order valence-electron chi connectivity index (χ2n) is 1.92. The molecule has 0 aliphatic heterocycles. The summed E-state index contributed by atoms with van der Waals surface area (Å²) < 4.78 is 4.40. The molecule has 2 amide bonds. The van der Waals surface area contributed by atoms with Crippen LogP contribution in [0.4, 0.5) is 4.79 Å². The highest BCUT2D eigenvalue weighted by Crippen LogP contribution is 1.94. The summed E-state index contributed by atoms with van der Waals surface area (Å²) in [5.74, 6) is -0.520. The van der Waals surface area contributed by atoms with Crippen molar-refractivity contribution in [2.24, 2.45) is 11.5 Å². The molecule has 0 rings (SSSR count). The normalized spacial score (nSPS) is 12.1. The third-order valence-corrected chi connectivity index (χ3v) is 0.806. The van der Waals surface area contributed by atoms with Gasteiger partial charge in [-0.2, -0.15) is 0 Å². The van der Waals surface area contributed by atoms with E-state index in [1.807, 2.05) is 0 Å². The maximum Gasteiger partial charge on any atom is 0.404 e. The van der Waals surface area contributed by atoms with Crippen LogP contribution in [0, 0.1) is 0 Å². The van der Waals surface area contributed by atoms with Gasteiger partial charge in [0.1, 0.15) is 6.10 Å². The molecule has 5 nitrogen and oxygen atoms in total. The van der Waals surface area contributed by atoms with E-state index in [1.165, 1.54) is 6.92 Å². The van der Waals surface area contributed by atoms with Crippen LogP contribution >= 0.6 is 0 Å². The second kappa shape index (κ2) is 3.71. The van der Waals surface area contributed by atoms with E-state index in [0.29, 0.717) is 0 Å². The van der Waals surface area contributed by atoms with Crippen LogP contribution in [0.1, 0.15) is 13.3 Å². The van der Waals surface area contributed by atoms with E-state index >= 15 is 0 Å². The van der Waals surface area contributed by atoms with Gasteiger partial charge in [0.05, 0.1) is 6.42 Å². The first-order valence-corrected chi connectivity index (χ1v) is 2.76. The van der Waals surface area contributed by atoms with Crippen LogP contribution < -0.4 is 11.5 Å². The lowest BCUT2D eigenvalue weighted by atomic mass is 10.3. The van der Waals surface area contributed by atoms with Crippen LogP contribution in [0.3, 0.4) is 0 Å². The highest BCUT2D eigenvalue weighted by atomic mass is 16.6. The van der Waals surface area contributed by atoms with Crippen molar-refractivity contribution < 1.29 is 14.3 Å². The van der Waals surface area contributed by atoms with Crippen molar-refractivity contribution in [3.8, 4) is 0 Å². The molecule has 0 unspecified atom stereocenters. The summed E-state index contributed by atoms with van der Waals surface area (Å²) in [5, 5.41) is 0. The van der Waals surface area contributed by atoms with Gasteiger partial charge in [0, 0.05) is 0 Å². The zero-order valence-corrected chi connectivity index (χ0v) is 5.66. The molecular weight excluding hydrogens is 136 g/mol. The van der Waals surface area contributed by atoms with Gasteiger partial charge in [-0.3, -0.25) is 4.79 Å². The summed E-state index contributed by atoms with van der Waals surface area (Å²) in [4.78, 5) is 20.2. The monoisotopic (exact) mass is 146 g/mol. The molecule has 4 N–H and O–H groups in total. The highest BCUT2D eigenvalue weighted by molar-refractivity contribution is 5.74. The van der Waals surface area contributed by atoms with Gasteiger partial charge in [-0.1, -0.05) is 0 Å². The number of ether oxygens (including phenoxy) is 1. The largest absolute Gasteiger partial charge is 0.446 e. The molecule has 0 radical (unpaired) electrons. The van der Waals surface area contributed by atoms with E-state index < -0.39 is 18.1 Å². The number of nitrogens with two attached hydrogens (primary N) is 2. The van der Waals surface area contributed by atoms with Crippen LogP contribution in [0.15, 0.2) is 0 Å². The Morgan fingerprint density at radius 2 is 2.00 bits per heavy atom. The lowest BCUT2D eigenvalue weighted by molar-refractivity contribution is -0.119. The number of hydrogen-bond acceptors (Lipinski definition) is 3. The van der Waals surface area contributed by atoms with E-state index in [0.717, 1.165) is 0 Å². The molecular formula is C5H10N2O3. The Hall–Kier alpha value is -1.26. The molecule has 0 spiro atoms. The van der Waals surface area contributed by atoms with Crippen LogP contribution in [0.25, 0.3) is 0 Å². The molecule has 0 fully saturated rings. The van der Waals surface area contributed by atoms with Crippen molar-refractivity contribution in [1.82, 2.24) is 0 Å². The van der Waals surface area contributed by atoms with Crippen molar-refractivity contribution in [1.29, 1.82) is 0 Å². The van der Waals surface area contributed by atoms with E-state index in [9.17, 15) is 9.59 Å². The molecule has 0 aliphatic rings. The third kappa shape index (κ3) is 4.89. The lowest BCUT2D eigenvalue weighted by Gasteiger charge is -2.07. The second-order valence-corrected chi connectivity index (χ2v) is 1.92. The smallest absolute Gasteiger partial charge is 0.404 e. The van der Waals surface area contributed by atoms with Crippen LogP contribution in [-0.2, 0) is 9.53 Å². The molecule has 10 heavy (non-hydrogen) atoms. The third-order valence-electron chi connectivity index (χ3n) is 0.806. The fraction of sp³-hybridized carbons (Fsp3) is 0.600. The van der Waals surface area contributed by atoms with Crippen molar-refractivity contribution in [2.45, 2.75) is 19.4 Å². The summed E-state index contributed by atoms with van der Waals surface area (Å²) in [6.07, 6.45) is -1.42. The topological polar surface area (TPSA) is 95.4 Å². The van der Waals surface area contributed by atoms with Gasteiger partial charge in [-0.25, -0.2) is 4.79 Å². The summed E-state index contributed by atoms with van der Waals surface area (Å²) in [5.41, 5.74) is 9.45. The molecule has 0 saturated heterocycles. The number of amides is 2. The maximum absolute atomic E-state index is 10.2. The Kier molecular flexibility index (Phi) is 3.24. The van der Waals surface area contributed by atoms with Crippen molar-refractivity contribution in [3.05, 3.63) is 0 Å². The molecule has 0 bridgehead atoms. The van der Waals surface area contributed by atoms with Crippen molar-refractivity contribution in [2.75, 3.05) is 0 Å². The van der Waals surface area contributed by atoms with Gasteiger partial charge in [0.2, 0.25) is 5.91 Å². The minimum absolute atomic E-state index is 0.00292. The summed E-state index contributed by atoms with van der Waals surface area (Å²) in [6.45, 7) is 1.54. The fourth-order valence-electron chi connectivity index (χ4n) is 0.523. The quantitative estimate of drug-likeness (QED) is 0.553. The Morgan fingerprint density at radius 1 is 1.50 bits per heavy atom. The van der Waals surface area contributed by atoms with Gasteiger partial charge in [0.15, 0.2) is 0 Å². The first-order chi connectivity index (χ1) is 4.52. The zero-order valence-electron chi connectivity index (χ0n) is 5.66. The van der Waals surface area contributed by atoms with Crippen molar-refractivity contribution >= 4 is 12.0 Å². The fourth-order valence-corrected chi connectivity index (χ4v) is 0.523. The average molecular weight is 146 g/mol. The Morgan fingerprint density at radius 3 is 2.30 bits per heavy atom. The molecule has 0 aromatic rings. The number of primary amides is 2. The maximum atomic E-state index is 10.2. The molecule has 0 aromatic carbocycles. The van der Waals surface area contributed by atoms with E-state index in [2.05, 4.69) is 10.5 Å². The SMILES string of the molecule is C[C@@H](CC(N)=O)OC(N)=O. The molecule has 0 aromatic heterocycles. The molecule has 1 atom stereocenters. The van der Waals surface area contributed by atoms with E-state index in [-0.39, 0.29) is 6.42 Å². The molecule has 58 valence electrons. The molecule has 0 heterocycles. The minimum Gasteiger partial charge on any atom is -0.446 e. The van der Waals surface area contributed by atoms with Crippen LogP contribution in [0.2, 0.25) is 0 Å². The van der Waals surface area contributed by atoms with E-state index in [1.54, 1.807) is 0 Å². The summed E-state index contributed by atoms with van der Waals surface area (Å²) in [6, 6.07) is 0. The standard InChI is InChI=1S/C5H10N2O3/c1-3(2-4(6)8)10-5(7)9/h3H,2H2,1H3,(H2,6,8)(H2,7,9)/t3-/m0/s1. The average Bonchev–Trinajstić information content (AvgIpc) is 1.58.